The monoisotopic (exact) mass is 252 g/mol. The number of nitrogens with two attached hydrogens (primary N) is 1. The fraction of sp³-hybridized carbons (Fsp3) is 0.615. The molecular formula is C13H20N2OS. The molecule has 1 aromatic heterocycles. The molecule has 1 saturated heterocycles. The number of hydrogen-bond acceptors (Lipinski definition) is 4. The number of carbonyl (C=O) groups excluding carboxylic acids is 1. The lowest BCUT2D eigenvalue weighted by Crippen LogP contribution is -2.40. The topological polar surface area (TPSA) is 46.3 Å². The number of ketones is 1. The van der Waals surface area contributed by atoms with E-state index in [9.17, 15) is 4.79 Å². The van der Waals surface area contributed by atoms with Crippen LogP contribution in [-0.4, -0.2) is 36.4 Å². The van der Waals surface area contributed by atoms with Crippen molar-refractivity contribution in [3.8, 4) is 0 Å². The van der Waals surface area contributed by atoms with Crippen LogP contribution in [0.2, 0.25) is 0 Å². The SMILES string of the molecule is NC1CCN(CCCC(=O)c2cccs2)CC1. The van der Waals surface area contributed by atoms with Crippen molar-refractivity contribution in [2.45, 2.75) is 31.7 Å². The third-order valence-electron chi connectivity index (χ3n) is 3.31. The first kappa shape index (κ1) is 12.7. The van der Waals surface area contributed by atoms with E-state index in [1.807, 2.05) is 17.5 Å². The molecule has 2 N–H and O–H groups in total. The second-order valence-corrected chi connectivity index (χ2v) is 5.63. The molecule has 0 amide bonds. The van der Waals surface area contributed by atoms with Gasteiger partial charge >= 0.3 is 0 Å². The molecule has 0 bridgehead atoms. The third kappa shape index (κ3) is 3.91. The predicted octanol–water partition coefficient (Wildman–Crippen LogP) is 2.13. The van der Waals surface area contributed by atoms with E-state index in [1.54, 1.807) is 0 Å². The Kier molecular flexibility index (Phi) is 4.71. The lowest BCUT2D eigenvalue weighted by Gasteiger charge is -2.29. The Morgan fingerprint density at radius 1 is 1.47 bits per heavy atom. The molecule has 1 fully saturated rings. The lowest BCUT2D eigenvalue weighted by atomic mass is 10.1. The molecule has 2 rings (SSSR count). The number of thiophene rings is 1. The molecule has 1 aliphatic heterocycles. The van der Waals surface area contributed by atoms with Crippen LogP contribution in [0, 0.1) is 0 Å². The molecule has 0 unspecified atom stereocenters. The summed E-state index contributed by atoms with van der Waals surface area (Å²) >= 11 is 1.54. The Hall–Kier alpha value is -0.710. The second-order valence-electron chi connectivity index (χ2n) is 4.68. The summed E-state index contributed by atoms with van der Waals surface area (Å²) in [5.41, 5.74) is 5.86. The minimum Gasteiger partial charge on any atom is -0.328 e. The number of Topliss-reactive ketones (excluding diaryl/α,β-unsaturated/α-hetero) is 1. The summed E-state index contributed by atoms with van der Waals surface area (Å²) in [7, 11) is 0. The first-order valence-electron chi connectivity index (χ1n) is 6.30. The molecule has 0 saturated carbocycles. The zero-order chi connectivity index (χ0) is 12.1. The maximum Gasteiger partial charge on any atom is 0.172 e. The standard InChI is InChI=1S/C13H20N2OS/c14-11-5-8-15(9-6-11)7-1-3-12(16)13-4-2-10-17-13/h2,4,10-11H,1,3,5-9,14H2. The molecule has 4 heteroatoms. The summed E-state index contributed by atoms with van der Waals surface area (Å²) in [6, 6.07) is 4.23. The Morgan fingerprint density at radius 3 is 2.88 bits per heavy atom. The fourth-order valence-corrected chi connectivity index (χ4v) is 2.89. The molecule has 1 aromatic rings. The summed E-state index contributed by atoms with van der Waals surface area (Å²) in [6.45, 7) is 3.21. The zero-order valence-corrected chi connectivity index (χ0v) is 10.9. The van der Waals surface area contributed by atoms with Crippen molar-refractivity contribution in [1.82, 2.24) is 4.90 Å². The fourth-order valence-electron chi connectivity index (χ4n) is 2.20. The average molecular weight is 252 g/mol. The Morgan fingerprint density at radius 2 is 2.24 bits per heavy atom. The van der Waals surface area contributed by atoms with Crippen LogP contribution in [0.15, 0.2) is 17.5 Å². The average Bonchev–Trinajstić information content (AvgIpc) is 2.85. The molecule has 17 heavy (non-hydrogen) atoms. The largest absolute Gasteiger partial charge is 0.328 e. The minimum atomic E-state index is 0.286. The maximum absolute atomic E-state index is 11.8. The van der Waals surface area contributed by atoms with Crippen LogP contribution in [0.25, 0.3) is 0 Å². The van der Waals surface area contributed by atoms with E-state index in [1.165, 1.54) is 11.3 Å². The number of likely N-dealkylation sites (tertiary alicyclic amines) is 1. The predicted molar refractivity (Wildman–Crippen MR) is 71.5 cm³/mol. The van der Waals surface area contributed by atoms with Crippen molar-refractivity contribution < 1.29 is 4.79 Å². The van der Waals surface area contributed by atoms with E-state index in [-0.39, 0.29) is 5.78 Å². The molecule has 0 aliphatic carbocycles. The smallest absolute Gasteiger partial charge is 0.172 e. The first-order valence-corrected chi connectivity index (χ1v) is 7.18. The molecule has 0 atom stereocenters. The third-order valence-corrected chi connectivity index (χ3v) is 4.22. The minimum absolute atomic E-state index is 0.286. The summed E-state index contributed by atoms with van der Waals surface area (Å²) in [5.74, 6) is 0.286. The van der Waals surface area contributed by atoms with Gasteiger partial charge in [0.2, 0.25) is 0 Å². The molecule has 94 valence electrons. The molecule has 0 aromatic carbocycles. The number of hydrogen-bond donors (Lipinski definition) is 1. The van der Waals surface area contributed by atoms with Gasteiger partial charge in [-0.1, -0.05) is 6.07 Å². The quantitative estimate of drug-likeness (QED) is 0.817. The van der Waals surface area contributed by atoms with Crippen LogP contribution in [-0.2, 0) is 0 Å². The number of piperidine rings is 1. The molecule has 0 radical (unpaired) electrons. The second kappa shape index (κ2) is 6.28. The van der Waals surface area contributed by atoms with Gasteiger partial charge in [-0.25, -0.2) is 0 Å². The van der Waals surface area contributed by atoms with Crippen molar-refractivity contribution >= 4 is 17.1 Å². The highest BCUT2D eigenvalue weighted by Gasteiger charge is 2.15. The molecular weight excluding hydrogens is 232 g/mol. The van der Waals surface area contributed by atoms with Gasteiger partial charge in [0.15, 0.2) is 5.78 Å². The molecule has 3 nitrogen and oxygen atoms in total. The van der Waals surface area contributed by atoms with E-state index in [2.05, 4.69) is 4.90 Å². The molecule has 0 spiro atoms. The van der Waals surface area contributed by atoms with Crippen molar-refractivity contribution in [1.29, 1.82) is 0 Å². The Balaban J connectivity index is 1.64. The maximum atomic E-state index is 11.8. The van der Waals surface area contributed by atoms with E-state index in [4.69, 9.17) is 5.73 Å². The van der Waals surface area contributed by atoms with Crippen molar-refractivity contribution in [2.24, 2.45) is 5.73 Å². The van der Waals surface area contributed by atoms with Crippen LogP contribution < -0.4 is 5.73 Å². The Labute approximate surface area is 107 Å². The van der Waals surface area contributed by atoms with Gasteiger partial charge in [0, 0.05) is 12.5 Å². The number of nitrogens with zero attached hydrogens (tertiary/aromatic N) is 1. The van der Waals surface area contributed by atoms with E-state index in [0.717, 1.165) is 43.8 Å². The summed E-state index contributed by atoms with van der Waals surface area (Å²) in [5, 5.41) is 1.96. The number of carbonyl (C=O) groups is 1. The van der Waals surface area contributed by atoms with Gasteiger partial charge in [-0.15, -0.1) is 11.3 Å². The van der Waals surface area contributed by atoms with Crippen LogP contribution >= 0.6 is 11.3 Å². The van der Waals surface area contributed by atoms with Crippen LogP contribution in [0.5, 0.6) is 0 Å². The van der Waals surface area contributed by atoms with Crippen molar-refractivity contribution in [2.75, 3.05) is 19.6 Å². The normalized spacial score (nSPS) is 18.4. The highest BCUT2D eigenvalue weighted by molar-refractivity contribution is 7.12. The van der Waals surface area contributed by atoms with Crippen LogP contribution in [0.3, 0.4) is 0 Å². The van der Waals surface area contributed by atoms with Crippen LogP contribution in [0.1, 0.15) is 35.4 Å². The van der Waals surface area contributed by atoms with Crippen LogP contribution in [0.4, 0.5) is 0 Å². The highest BCUT2D eigenvalue weighted by Crippen LogP contribution is 2.13. The highest BCUT2D eigenvalue weighted by atomic mass is 32.1. The van der Waals surface area contributed by atoms with Gasteiger partial charge in [-0.3, -0.25) is 4.79 Å². The molecule has 1 aliphatic rings. The first-order chi connectivity index (χ1) is 8.25. The summed E-state index contributed by atoms with van der Waals surface area (Å²) < 4.78 is 0. The number of rotatable bonds is 5. The van der Waals surface area contributed by atoms with Crippen molar-refractivity contribution in [3.05, 3.63) is 22.4 Å². The van der Waals surface area contributed by atoms with E-state index < -0.39 is 0 Å². The van der Waals surface area contributed by atoms with Gasteiger partial charge in [-0.2, -0.15) is 0 Å². The zero-order valence-electron chi connectivity index (χ0n) is 10.1. The lowest BCUT2D eigenvalue weighted by molar-refractivity contribution is 0.0976. The van der Waals surface area contributed by atoms with Gasteiger partial charge in [0.05, 0.1) is 4.88 Å². The van der Waals surface area contributed by atoms with Gasteiger partial charge in [0.25, 0.3) is 0 Å². The van der Waals surface area contributed by atoms with Gasteiger partial charge < -0.3 is 10.6 Å². The Bertz CT molecular complexity index is 342. The van der Waals surface area contributed by atoms with Gasteiger partial charge in [-0.05, 0) is 50.3 Å². The summed E-state index contributed by atoms with van der Waals surface area (Å²) in [6.07, 6.45) is 3.83. The van der Waals surface area contributed by atoms with Crippen molar-refractivity contribution in [3.63, 3.8) is 0 Å². The van der Waals surface area contributed by atoms with Gasteiger partial charge in [0.1, 0.15) is 0 Å². The van der Waals surface area contributed by atoms with E-state index in [0.29, 0.717) is 12.5 Å². The molecule has 2 heterocycles. The summed E-state index contributed by atoms with van der Waals surface area (Å²) in [4.78, 5) is 15.1. The van der Waals surface area contributed by atoms with E-state index >= 15 is 0 Å².